The number of rotatable bonds is 10. The van der Waals surface area contributed by atoms with E-state index in [1.807, 2.05) is 30.3 Å². The zero-order chi connectivity index (χ0) is 33.9. The van der Waals surface area contributed by atoms with Gasteiger partial charge in [-0.05, 0) is 36.8 Å². The molecule has 0 bridgehead atoms. The SMILES string of the molecule is Cc1cn(C[C@H]2O[C@@H](OCCOCc3ccccc3)[C@H](N3C(=O)c4ccccc4C3=O)[C@@H](O)[C@@H]2O)c(=O)n(C(=O)c2ccccc2)c1=O. The van der Waals surface area contributed by atoms with Crippen molar-refractivity contribution in [3.8, 4) is 0 Å². The lowest BCUT2D eigenvalue weighted by molar-refractivity contribution is -0.278. The highest BCUT2D eigenvalue weighted by molar-refractivity contribution is 6.21. The van der Waals surface area contributed by atoms with Gasteiger partial charge in [-0.3, -0.25) is 28.6 Å². The van der Waals surface area contributed by atoms with Crippen molar-refractivity contribution in [2.75, 3.05) is 13.2 Å². The molecule has 6 rings (SSSR count). The summed E-state index contributed by atoms with van der Waals surface area (Å²) in [4.78, 5) is 67.3. The molecule has 1 aromatic heterocycles. The van der Waals surface area contributed by atoms with Crippen LogP contribution in [-0.4, -0.2) is 85.8 Å². The third-order valence-electron chi connectivity index (χ3n) is 8.34. The summed E-state index contributed by atoms with van der Waals surface area (Å²) in [5.41, 5.74) is -0.424. The van der Waals surface area contributed by atoms with Crippen molar-refractivity contribution in [3.05, 3.63) is 140 Å². The molecule has 3 aromatic carbocycles. The Bertz CT molecular complexity index is 1910. The van der Waals surface area contributed by atoms with E-state index in [0.29, 0.717) is 11.2 Å². The van der Waals surface area contributed by atoms with Crippen molar-refractivity contribution >= 4 is 17.7 Å². The van der Waals surface area contributed by atoms with Crippen LogP contribution in [0.5, 0.6) is 0 Å². The smallest absolute Gasteiger partial charge is 0.338 e. The number of nitrogens with zero attached hydrogens (tertiary/aromatic N) is 3. The number of carbonyl (C=O) groups is 3. The van der Waals surface area contributed by atoms with Crippen LogP contribution >= 0.6 is 0 Å². The van der Waals surface area contributed by atoms with Gasteiger partial charge in [-0.15, -0.1) is 0 Å². The van der Waals surface area contributed by atoms with E-state index in [4.69, 9.17) is 14.2 Å². The summed E-state index contributed by atoms with van der Waals surface area (Å²) < 4.78 is 19.3. The van der Waals surface area contributed by atoms with Crippen molar-refractivity contribution in [2.45, 2.75) is 50.7 Å². The van der Waals surface area contributed by atoms with Gasteiger partial charge >= 0.3 is 5.69 Å². The molecule has 0 aliphatic carbocycles. The van der Waals surface area contributed by atoms with E-state index in [-0.39, 0.29) is 35.5 Å². The summed E-state index contributed by atoms with van der Waals surface area (Å²) in [6.07, 6.45) is -5.06. The number of aliphatic hydroxyl groups excluding tert-OH is 2. The predicted octanol–water partition coefficient (Wildman–Crippen LogP) is 1.35. The molecule has 48 heavy (non-hydrogen) atoms. The fourth-order valence-electron chi connectivity index (χ4n) is 5.90. The molecule has 2 amide bonds. The first-order valence-electron chi connectivity index (χ1n) is 15.3. The van der Waals surface area contributed by atoms with E-state index in [0.717, 1.165) is 15.0 Å². The van der Waals surface area contributed by atoms with E-state index in [1.165, 1.54) is 37.4 Å². The maximum atomic E-state index is 13.5. The second-order valence-corrected chi connectivity index (χ2v) is 11.5. The number of ether oxygens (including phenoxy) is 3. The molecule has 4 aromatic rings. The lowest BCUT2D eigenvalue weighted by Crippen LogP contribution is -2.66. The number of imide groups is 1. The highest BCUT2D eigenvalue weighted by atomic mass is 16.7. The first-order valence-corrected chi connectivity index (χ1v) is 15.3. The predicted molar refractivity (Wildman–Crippen MR) is 169 cm³/mol. The lowest BCUT2D eigenvalue weighted by Gasteiger charge is -2.45. The summed E-state index contributed by atoms with van der Waals surface area (Å²) in [6.45, 7) is 1.31. The molecule has 0 spiro atoms. The first-order chi connectivity index (χ1) is 23.2. The lowest BCUT2D eigenvalue weighted by atomic mass is 9.95. The minimum Gasteiger partial charge on any atom is -0.388 e. The van der Waals surface area contributed by atoms with Crippen molar-refractivity contribution < 1.29 is 38.8 Å². The summed E-state index contributed by atoms with van der Waals surface area (Å²) in [5.74, 6) is -2.22. The number of hydrogen-bond donors (Lipinski definition) is 2. The molecule has 1 fully saturated rings. The van der Waals surface area contributed by atoms with Crippen LogP contribution in [-0.2, 0) is 27.4 Å². The van der Waals surface area contributed by atoms with Gasteiger partial charge in [-0.1, -0.05) is 60.7 Å². The van der Waals surface area contributed by atoms with Crippen LogP contribution in [0, 0.1) is 6.92 Å². The van der Waals surface area contributed by atoms with Crippen LogP contribution in [0.4, 0.5) is 0 Å². The highest BCUT2D eigenvalue weighted by Crippen LogP contribution is 2.33. The van der Waals surface area contributed by atoms with E-state index in [9.17, 15) is 34.2 Å². The standard InChI is InChI=1S/C35H33N3O10/c1-21-18-36(35(45)38(30(21)41)31(42)23-12-6-3-7-13-23)19-26-28(39)29(40)27(37-32(43)24-14-8-9-15-25(24)33(37)44)34(48-26)47-17-16-46-20-22-10-4-2-5-11-22/h2-15,18,26-29,34,39-40H,16-17,19-20H2,1H3/t26-,27-,28-,29-,34-/m1/s1. The monoisotopic (exact) mass is 655 g/mol. The molecule has 1 saturated heterocycles. The number of hydrogen-bond acceptors (Lipinski definition) is 10. The van der Waals surface area contributed by atoms with Crippen LogP contribution in [0.3, 0.4) is 0 Å². The van der Waals surface area contributed by atoms with Gasteiger partial charge in [-0.2, -0.15) is 4.57 Å². The maximum Gasteiger partial charge on any atom is 0.338 e. The van der Waals surface area contributed by atoms with E-state index in [1.54, 1.807) is 30.3 Å². The van der Waals surface area contributed by atoms with E-state index in [2.05, 4.69) is 0 Å². The number of fused-ring (bicyclic) bond motifs is 1. The molecule has 0 saturated carbocycles. The quantitative estimate of drug-likeness (QED) is 0.188. The molecule has 248 valence electrons. The van der Waals surface area contributed by atoms with Crippen LogP contribution < -0.4 is 11.2 Å². The molecule has 2 aliphatic heterocycles. The van der Waals surface area contributed by atoms with E-state index < -0.39 is 66.2 Å². The molecule has 13 heteroatoms. The molecular weight excluding hydrogens is 622 g/mol. The van der Waals surface area contributed by atoms with Gasteiger partial charge in [0.2, 0.25) is 0 Å². The van der Waals surface area contributed by atoms with Gasteiger partial charge in [0.05, 0.1) is 37.5 Å². The van der Waals surface area contributed by atoms with Gasteiger partial charge in [0, 0.05) is 17.3 Å². The van der Waals surface area contributed by atoms with Crippen LogP contribution in [0.25, 0.3) is 0 Å². The average molecular weight is 656 g/mol. The zero-order valence-electron chi connectivity index (χ0n) is 25.9. The number of aliphatic hydroxyl groups is 2. The Labute approximate surface area is 274 Å². The molecule has 5 atom stereocenters. The number of amides is 2. The summed E-state index contributed by atoms with van der Waals surface area (Å²) in [7, 11) is 0. The third-order valence-corrected chi connectivity index (χ3v) is 8.34. The van der Waals surface area contributed by atoms with Crippen molar-refractivity contribution in [2.24, 2.45) is 0 Å². The van der Waals surface area contributed by atoms with Crippen LogP contribution in [0.2, 0.25) is 0 Å². The van der Waals surface area contributed by atoms with Gasteiger partial charge in [0.25, 0.3) is 23.3 Å². The number of benzene rings is 3. The third kappa shape index (κ3) is 6.29. The Morgan fingerprint density at radius 3 is 2.06 bits per heavy atom. The first kappa shape index (κ1) is 32.9. The Morgan fingerprint density at radius 1 is 0.812 bits per heavy atom. The number of carbonyl (C=O) groups excluding carboxylic acids is 3. The Morgan fingerprint density at radius 2 is 1.42 bits per heavy atom. The Kier molecular flexibility index (Phi) is 9.57. The largest absolute Gasteiger partial charge is 0.388 e. The molecular formula is C35H33N3O10. The van der Waals surface area contributed by atoms with Gasteiger partial charge in [-0.25, -0.2) is 4.79 Å². The second-order valence-electron chi connectivity index (χ2n) is 11.5. The van der Waals surface area contributed by atoms with Crippen molar-refractivity contribution in [1.29, 1.82) is 0 Å². The van der Waals surface area contributed by atoms with Gasteiger partial charge in [0.1, 0.15) is 24.4 Å². The second kappa shape index (κ2) is 14.0. The Balaban J connectivity index is 1.27. The minimum atomic E-state index is -1.77. The molecule has 13 nitrogen and oxygen atoms in total. The Hall–Kier alpha value is -5.05. The fourth-order valence-corrected chi connectivity index (χ4v) is 5.90. The van der Waals surface area contributed by atoms with Crippen LogP contribution in [0.15, 0.2) is 101 Å². The van der Waals surface area contributed by atoms with Gasteiger partial charge in [0.15, 0.2) is 6.29 Å². The maximum absolute atomic E-state index is 13.5. The van der Waals surface area contributed by atoms with E-state index >= 15 is 0 Å². The normalized spacial score (nSPS) is 22.1. The summed E-state index contributed by atoms with van der Waals surface area (Å²) in [6, 6.07) is 21.9. The summed E-state index contributed by atoms with van der Waals surface area (Å²) in [5, 5.41) is 22.7. The number of aryl methyl sites for hydroxylation is 1. The molecule has 0 unspecified atom stereocenters. The topological polar surface area (TPSA) is 167 Å². The van der Waals surface area contributed by atoms with Crippen LogP contribution in [0.1, 0.15) is 42.2 Å². The average Bonchev–Trinajstić information content (AvgIpc) is 3.35. The van der Waals surface area contributed by atoms with Crippen molar-refractivity contribution in [3.63, 3.8) is 0 Å². The van der Waals surface area contributed by atoms with Gasteiger partial charge < -0.3 is 24.4 Å². The molecule has 0 radical (unpaired) electrons. The van der Waals surface area contributed by atoms with Crippen molar-refractivity contribution in [1.82, 2.24) is 14.0 Å². The fraction of sp³-hybridized carbons (Fsp3) is 0.286. The highest BCUT2D eigenvalue weighted by Gasteiger charge is 2.53. The zero-order valence-corrected chi connectivity index (χ0v) is 25.9. The molecule has 3 heterocycles. The minimum absolute atomic E-state index is 0.0667. The molecule has 2 N–H and O–H groups in total. The number of aromatic nitrogens is 2. The summed E-state index contributed by atoms with van der Waals surface area (Å²) >= 11 is 0. The molecule has 2 aliphatic rings.